The van der Waals surface area contributed by atoms with Gasteiger partial charge in [-0.25, -0.2) is 4.79 Å². The summed E-state index contributed by atoms with van der Waals surface area (Å²) in [6.45, 7) is 5.06. The van der Waals surface area contributed by atoms with Crippen LogP contribution in [0.4, 0.5) is 0 Å². The third kappa shape index (κ3) is 4.68. The number of carbonyl (C=O) groups is 1. The first kappa shape index (κ1) is 19.6. The van der Waals surface area contributed by atoms with Gasteiger partial charge in [0.05, 0.1) is 17.1 Å². The van der Waals surface area contributed by atoms with E-state index in [-0.39, 0.29) is 18.6 Å². The first-order valence-electron chi connectivity index (χ1n) is 7.76. The van der Waals surface area contributed by atoms with Gasteiger partial charge in [0.15, 0.2) is 0 Å². The van der Waals surface area contributed by atoms with Crippen molar-refractivity contribution in [2.45, 2.75) is 45.6 Å². The quantitative estimate of drug-likeness (QED) is 0.711. The Morgan fingerprint density at radius 1 is 1.52 bits per heavy atom. The number of H-pyrrole nitrogens is 1. The van der Waals surface area contributed by atoms with E-state index in [0.717, 1.165) is 0 Å². The maximum Gasteiger partial charge on any atom is 0.330 e. The molecule has 1 fully saturated rings. The normalized spacial score (nSPS) is 24.0. The molecular formula is C16H21BrN2O6. The Balaban J connectivity index is 2.13. The van der Waals surface area contributed by atoms with Crippen LogP contribution in [-0.4, -0.2) is 39.4 Å². The number of aromatic nitrogens is 2. The van der Waals surface area contributed by atoms with E-state index >= 15 is 0 Å². The maximum atomic E-state index is 12.0. The molecule has 1 aliphatic rings. The van der Waals surface area contributed by atoms with Crippen molar-refractivity contribution in [1.29, 1.82) is 0 Å². The zero-order valence-corrected chi connectivity index (χ0v) is 15.8. The van der Waals surface area contributed by atoms with Gasteiger partial charge in [-0.1, -0.05) is 15.9 Å². The minimum Gasteiger partial charge on any atom is -0.462 e. The number of nitrogens with zero attached hydrogens (tertiary/aromatic N) is 1. The number of ether oxygens (including phenoxy) is 2. The second kappa shape index (κ2) is 7.67. The molecule has 0 bridgehead atoms. The lowest BCUT2D eigenvalue weighted by atomic mass is 9.97. The number of aliphatic hydroxyl groups excluding tert-OH is 1. The number of aromatic amines is 1. The van der Waals surface area contributed by atoms with E-state index in [1.165, 1.54) is 21.8 Å². The van der Waals surface area contributed by atoms with Crippen LogP contribution in [0.15, 0.2) is 20.8 Å². The molecule has 2 heterocycles. The number of nitrogens with one attached hydrogen (secondary N) is 1. The van der Waals surface area contributed by atoms with Gasteiger partial charge in [-0.2, -0.15) is 0 Å². The number of hydrogen-bond acceptors (Lipinski definition) is 6. The maximum absolute atomic E-state index is 12.0. The van der Waals surface area contributed by atoms with Crippen LogP contribution in [0.1, 0.15) is 39.0 Å². The molecule has 0 unspecified atom stereocenters. The summed E-state index contributed by atoms with van der Waals surface area (Å²) in [5.74, 6) is -0.405. The van der Waals surface area contributed by atoms with E-state index in [2.05, 4.69) is 20.9 Å². The molecule has 0 aliphatic carbocycles. The number of hydrogen-bond donors (Lipinski definition) is 2. The molecule has 1 aromatic heterocycles. The second-order valence-corrected chi connectivity index (χ2v) is 7.35. The van der Waals surface area contributed by atoms with Gasteiger partial charge in [0, 0.05) is 12.6 Å². The molecule has 3 atom stereocenters. The molecule has 25 heavy (non-hydrogen) atoms. The van der Waals surface area contributed by atoms with Gasteiger partial charge in [0.2, 0.25) is 0 Å². The third-order valence-corrected chi connectivity index (χ3v) is 4.01. The lowest BCUT2D eigenvalue weighted by Crippen LogP contribution is -2.34. The molecule has 1 aliphatic heterocycles. The minimum absolute atomic E-state index is 0.111. The van der Waals surface area contributed by atoms with Gasteiger partial charge in [-0.3, -0.25) is 19.1 Å². The van der Waals surface area contributed by atoms with Crippen molar-refractivity contribution in [2.75, 3.05) is 6.61 Å². The minimum atomic E-state index is -0.897. The Kier molecular flexibility index (Phi) is 6.02. The average Bonchev–Trinajstić information content (AvgIpc) is 2.87. The van der Waals surface area contributed by atoms with Crippen molar-refractivity contribution >= 4 is 28.0 Å². The number of halogens is 1. The summed E-state index contributed by atoms with van der Waals surface area (Å²) in [7, 11) is 0. The fourth-order valence-corrected chi connectivity index (χ4v) is 2.60. The summed E-state index contributed by atoms with van der Waals surface area (Å²) in [6, 6.07) is 0. The molecule has 2 rings (SSSR count). The number of rotatable bonds is 4. The standard InChI is InChI=1S/C16H21BrN2O6/c1-16(2,3)14(22)24-8-11-10(20)6-12(25-11)19-7-9(4-5-17)13(21)18-15(19)23/h4-5,7,10-12,20H,6,8H2,1-3H3,(H,18,21,23)/t10-,11+,12+/m0/s1. The van der Waals surface area contributed by atoms with Crippen LogP contribution in [0.25, 0.3) is 6.08 Å². The summed E-state index contributed by atoms with van der Waals surface area (Å²) in [5, 5.41) is 10.1. The molecule has 0 amide bonds. The molecule has 0 saturated carbocycles. The highest BCUT2D eigenvalue weighted by atomic mass is 79.9. The van der Waals surface area contributed by atoms with E-state index < -0.39 is 41.1 Å². The van der Waals surface area contributed by atoms with E-state index in [4.69, 9.17) is 9.47 Å². The van der Waals surface area contributed by atoms with Crippen molar-refractivity contribution in [2.24, 2.45) is 5.41 Å². The van der Waals surface area contributed by atoms with E-state index in [9.17, 15) is 19.5 Å². The predicted octanol–water partition coefficient (Wildman–Crippen LogP) is 1.14. The predicted molar refractivity (Wildman–Crippen MR) is 94.2 cm³/mol. The van der Waals surface area contributed by atoms with Crippen LogP contribution in [-0.2, 0) is 14.3 Å². The van der Waals surface area contributed by atoms with Crippen molar-refractivity contribution in [3.8, 4) is 0 Å². The molecule has 1 saturated heterocycles. The fraction of sp³-hybridized carbons (Fsp3) is 0.562. The van der Waals surface area contributed by atoms with Crippen molar-refractivity contribution < 1.29 is 19.4 Å². The Morgan fingerprint density at radius 3 is 2.80 bits per heavy atom. The smallest absolute Gasteiger partial charge is 0.330 e. The lowest BCUT2D eigenvalue weighted by molar-refractivity contribution is -0.159. The van der Waals surface area contributed by atoms with Gasteiger partial charge >= 0.3 is 11.7 Å². The van der Waals surface area contributed by atoms with Gasteiger partial charge in [-0.15, -0.1) is 0 Å². The molecule has 138 valence electrons. The average molecular weight is 417 g/mol. The van der Waals surface area contributed by atoms with Crippen LogP contribution in [0, 0.1) is 5.41 Å². The highest BCUT2D eigenvalue weighted by Gasteiger charge is 2.37. The zero-order chi connectivity index (χ0) is 18.8. The van der Waals surface area contributed by atoms with Gasteiger partial charge in [-0.05, 0) is 31.8 Å². The lowest BCUT2D eigenvalue weighted by Gasteiger charge is -2.20. The topological polar surface area (TPSA) is 111 Å². The Labute approximate surface area is 152 Å². The van der Waals surface area contributed by atoms with Gasteiger partial charge < -0.3 is 14.6 Å². The molecule has 0 radical (unpaired) electrons. The highest BCUT2D eigenvalue weighted by Crippen LogP contribution is 2.28. The summed E-state index contributed by atoms with van der Waals surface area (Å²) < 4.78 is 12.0. The largest absolute Gasteiger partial charge is 0.462 e. The SMILES string of the molecule is CC(C)(C)C(=O)OC[C@H]1O[C@@H](n2cc(C=CBr)c(=O)[nH]c2=O)C[C@@H]1O. The van der Waals surface area contributed by atoms with Gasteiger partial charge in [0.1, 0.15) is 18.9 Å². The molecule has 0 spiro atoms. The highest BCUT2D eigenvalue weighted by molar-refractivity contribution is 9.11. The van der Waals surface area contributed by atoms with Crippen LogP contribution in [0.5, 0.6) is 0 Å². The van der Waals surface area contributed by atoms with Crippen LogP contribution in [0.2, 0.25) is 0 Å². The number of aliphatic hydroxyl groups is 1. The second-order valence-electron chi connectivity index (χ2n) is 6.82. The monoisotopic (exact) mass is 416 g/mol. The Morgan fingerprint density at radius 2 is 2.20 bits per heavy atom. The summed E-state index contributed by atoms with van der Waals surface area (Å²) in [5.41, 5.74) is -1.56. The molecule has 1 aromatic rings. The number of carbonyl (C=O) groups excluding carboxylic acids is 1. The first-order valence-corrected chi connectivity index (χ1v) is 8.68. The van der Waals surface area contributed by atoms with Crippen molar-refractivity contribution in [3.05, 3.63) is 37.6 Å². The van der Waals surface area contributed by atoms with Crippen LogP contribution < -0.4 is 11.2 Å². The fourth-order valence-electron chi connectivity index (χ4n) is 2.31. The molecule has 8 nitrogen and oxygen atoms in total. The summed E-state index contributed by atoms with van der Waals surface area (Å²) in [4.78, 5) is 39.2. The molecule has 2 N–H and O–H groups in total. The van der Waals surface area contributed by atoms with E-state index in [0.29, 0.717) is 0 Å². The van der Waals surface area contributed by atoms with E-state index in [1.807, 2.05) is 0 Å². The zero-order valence-electron chi connectivity index (χ0n) is 14.2. The Bertz CT molecular complexity index is 776. The van der Waals surface area contributed by atoms with Crippen molar-refractivity contribution in [1.82, 2.24) is 9.55 Å². The summed E-state index contributed by atoms with van der Waals surface area (Å²) in [6.07, 6.45) is 0.584. The van der Waals surface area contributed by atoms with E-state index in [1.54, 1.807) is 20.8 Å². The molecule has 0 aromatic carbocycles. The molecular weight excluding hydrogens is 396 g/mol. The third-order valence-electron chi connectivity index (χ3n) is 3.74. The first-order chi connectivity index (χ1) is 11.6. The summed E-state index contributed by atoms with van der Waals surface area (Å²) >= 11 is 3.08. The van der Waals surface area contributed by atoms with Crippen LogP contribution >= 0.6 is 15.9 Å². The van der Waals surface area contributed by atoms with Crippen LogP contribution in [0.3, 0.4) is 0 Å². The number of esters is 1. The van der Waals surface area contributed by atoms with Crippen molar-refractivity contribution in [3.63, 3.8) is 0 Å². The molecule has 9 heteroatoms. The van der Waals surface area contributed by atoms with Gasteiger partial charge in [0.25, 0.3) is 5.56 Å². The Hall–Kier alpha value is -1.71.